The van der Waals surface area contributed by atoms with E-state index in [0.717, 1.165) is 10.4 Å². The maximum Gasteiger partial charge on any atom is 0.326 e. The lowest BCUT2D eigenvalue weighted by molar-refractivity contribution is 0.0966. The number of nitrogens with one attached hydrogen (secondary N) is 2. The predicted molar refractivity (Wildman–Crippen MR) is 103 cm³/mol. The lowest BCUT2D eigenvalue weighted by Crippen LogP contribution is -2.34. The molecule has 0 unspecified atom stereocenters. The van der Waals surface area contributed by atoms with Gasteiger partial charge >= 0.3 is 6.03 Å². The Morgan fingerprint density at radius 2 is 1.77 bits per heavy atom. The van der Waals surface area contributed by atoms with Gasteiger partial charge in [-0.2, -0.15) is 0 Å². The second-order valence-corrected chi connectivity index (χ2v) is 6.65. The van der Waals surface area contributed by atoms with E-state index in [4.69, 9.17) is 4.74 Å². The molecule has 3 rings (SSSR count). The molecule has 6 heteroatoms. The van der Waals surface area contributed by atoms with Gasteiger partial charge in [0.25, 0.3) is 5.91 Å². The topological polar surface area (TPSA) is 67.4 Å². The maximum atomic E-state index is 12.1. The molecule has 0 aliphatic heterocycles. The molecule has 0 spiro atoms. The minimum Gasteiger partial charge on any atom is -0.488 e. The number of amides is 3. The molecule has 2 N–H and O–H groups in total. The first-order valence-corrected chi connectivity index (χ1v) is 8.93. The fourth-order valence-corrected chi connectivity index (χ4v) is 2.96. The lowest BCUT2D eigenvalue weighted by Gasteiger charge is -2.09. The van der Waals surface area contributed by atoms with Gasteiger partial charge < -0.3 is 10.1 Å². The van der Waals surface area contributed by atoms with Gasteiger partial charge in [0.1, 0.15) is 12.4 Å². The fourth-order valence-electron chi connectivity index (χ4n) is 2.34. The molecule has 1 heterocycles. The van der Waals surface area contributed by atoms with Crippen LogP contribution in [0.15, 0.2) is 66.0 Å². The molecule has 2 aromatic carbocycles. The van der Waals surface area contributed by atoms with Crippen molar-refractivity contribution in [2.24, 2.45) is 0 Å². The standard InChI is InChI=1S/C20H18N2O3S/c1-14-5-2-3-7-18(14)19(23)22-20(24)21-15-8-10-16(11-9-15)25-13-17-6-4-12-26-17/h2-12H,13H2,1H3,(H2,21,22,23,24). The molecule has 0 saturated heterocycles. The Kier molecular flexibility index (Phi) is 5.66. The second kappa shape index (κ2) is 8.31. The molecule has 0 radical (unpaired) electrons. The molecule has 1 aromatic heterocycles. The van der Waals surface area contributed by atoms with E-state index in [1.807, 2.05) is 36.6 Å². The van der Waals surface area contributed by atoms with Crippen molar-refractivity contribution in [1.82, 2.24) is 5.32 Å². The summed E-state index contributed by atoms with van der Waals surface area (Å²) in [5, 5.41) is 6.96. The third-order valence-corrected chi connectivity index (χ3v) is 4.54. The zero-order valence-corrected chi connectivity index (χ0v) is 15.0. The van der Waals surface area contributed by atoms with Crippen LogP contribution in [0.5, 0.6) is 5.75 Å². The number of hydrogen-bond donors (Lipinski definition) is 2. The molecular weight excluding hydrogens is 348 g/mol. The number of ether oxygens (including phenoxy) is 1. The number of anilines is 1. The van der Waals surface area contributed by atoms with E-state index in [2.05, 4.69) is 10.6 Å². The molecule has 0 atom stereocenters. The number of hydrogen-bond acceptors (Lipinski definition) is 4. The normalized spacial score (nSPS) is 10.2. The summed E-state index contributed by atoms with van der Waals surface area (Å²) < 4.78 is 5.67. The lowest BCUT2D eigenvalue weighted by atomic mass is 10.1. The molecule has 0 aliphatic carbocycles. The summed E-state index contributed by atoms with van der Waals surface area (Å²) in [5.74, 6) is 0.275. The largest absolute Gasteiger partial charge is 0.488 e. The first kappa shape index (κ1) is 17.7. The Morgan fingerprint density at radius 1 is 1.00 bits per heavy atom. The van der Waals surface area contributed by atoms with Gasteiger partial charge in [0.2, 0.25) is 0 Å². The monoisotopic (exact) mass is 366 g/mol. The fraction of sp³-hybridized carbons (Fsp3) is 0.100. The first-order valence-electron chi connectivity index (χ1n) is 8.05. The van der Waals surface area contributed by atoms with Crippen molar-refractivity contribution in [3.05, 3.63) is 82.0 Å². The smallest absolute Gasteiger partial charge is 0.326 e. The molecule has 0 fully saturated rings. The van der Waals surface area contributed by atoms with Crippen LogP contribution in [0.2, 0.25) is 0 Å². The van der Waals surface area contributed by atoms with Gasteiger partial charge in [-0.3, -0.25) is 10.1 Å². The summed E-state index contributed by atoms with van der Waals surface area (Å²) in [7, 11) is 0. The van der Waals surface area contributed by atoms with Crippen molar-refractivity contribution < 1.29 is 14.3 Å². The van der Waals surface area contributed by atoms with Crippen LogP contribution in [0, 0.1) is 6.92 Å². The van der Waals surface area contributed by atoms with Crippen LogP contribution in [-0.2, 0) is 6.61 Å². The summed E-state index contributed by atoms with van der Waals surface area (Å²) in [6.07, 6.45) is 0. The molecule has 5 nitrogen and oxygen atoms in total. The Labute approximate surface area is 155 Å². The van der Waals surface area contributed by atoms with E-state index in [1.165, 1.54) is 0 Å². The van der Waals surface area contributed by atoms with Crippen LogP contribution in [0.1, 0.15) is 20.8 Å². The van der Waals surface area contributed by atoms with Gasteiger partial charge in [-0.05, 0) is 54.3 Å². The summed E-state index contributed by atoms with van der Waals surface area (Å²) >= 11 is 1.64. The average molecular weight is 366 g/mol. The number of aryl methyl sites for hydroxylation is 1. The van der Waals surface area contributed by atoms with Crippen molar-refractivity contribution in [3.63, 3.8) is 0 Å². The van der Waals surface area contributed by atoms with Crippen LogP contribution in [0.3, 0.4) is 0 Å². The van der Waals surface area contributed by atoms with Crippen LogP contribution >= 0.6 is 11.3 Å². The minimum absolute atomic E-state index is 0.434. The van der Waals surface area contributed by atoms with Gasteiger partial charge in [0.15, 0.2) is 0 Å². The Balaban J connectivity index is 1.52. The third-order valence-electron chi connectivity index (χ3n) is 3.69. The highest BCUT2D eigenvalue weighted by molar-refractivity contribution is 7.09. The van der Waals surface area contributed by atoms with E-state index in [1.54, 1.807) is 47.7 Å². The van der Waals surface area contributed by atoms with E-state index >= 15 is 0 Å². The third kappa shape index (κ3) is 4.70. The summed E-state index contributed by atoms with van der Waals surface area (Å²) in [6.45, 7) is 2.33. The van der Waals surface area contributed by atoms with E-state index in [9.17, 15) is 9.59 Å². The number of benzene rings is 2. The van der Waals surface area contributed by atoms with Crippen LogP contribution in [-0.4, -0.2) is 11.9 Å². The van der Waals surface area contributed by atoms with E-state index in [-0.39, 0.29) is 0 Å². The molecule has 0 bridgehead atoms. The SMILES string of the molecule is Cc1ccccc1C(=O)NC(=O)Nc1ccc(OCc2cccs2)cc1. The molecule has 0 aliphatic rings. The van der Waals surface area contributed by atoms with Crippen LogP contribution in [0.25, 0.3) is 0 Å². The van der Waals surface area contributed by atoms with Gasteiger partial charge in [0, 0.05) is 16.1 Å². The minimum atomic E-state index is -0.578. The molecular formula is C20H18N2O3S. The number of carbonyl (C=O) groups is 2. The van der Waals surface area contributed by atoms with Crippen molar-refractivity contribution >= 4 is 29.0 Å². The Bertz CT molecular complexity index is 890. The van der Waals surface area contributed by atoms with Gasteiger partial charge in [0.05, 0.1) is 0 Å². The number of thiophene rings is 1. The number of rotatable bonds is 5. The zero-order valence-electron chi connectivity index (χ0n) is 14.2. The second-order valence-electron chi connectivity index (χ2n) is 5.62. The number of urea groups is 1. The van der Waals surface area contributed by atoms with Crippen molar-refractivity contribution in [2.75, 3.05) is 5.32 Å². The highest BCUT2D eigenvalue weighted by Gasteiger charge is 2.12. The summed E-state index contributed by atoms with van der Waals surface area (Å²) in [5.41, 5.74) is 1.86. The predicted octanol–water partition coefficient (Wildman–Crippen LogP) is 4.60. The summed E-state index contributed by atoms with van der Waals surface area (Å²) in [6, 6.07) is 17.5. The quantitative estimate of drug-likeness (QED) is 0.693. The zero-order chi connectivity index (χ0) is 18.4. The molecule has 0 saturated carbocycles. The van der Waals surface area contributed by atoms with Gasteiger partial charge in [-0.1, -0.05) is 24.3 Å². The van der Waals surface area contributed by atoms with Crippen molar-refractivity contribution in [3.8, 4) is 5.75 Å². The maximum absolute atomic E-state index is 12.1. The Morgan fingerprint density at radius 3 is 2.46 bits per heavy atom. The summed E-state index contributed by atoms with van der Waals surface area (Å²) in [4.78, 5) is 25.3. The van der Waals surface area contributed by atoms with E-state index in [0.29, 0.717) is 23.6 Å². The van der Waals surface area contributed by atoms with Crippen LogP contribution in [0.4, 0.5) is 10.5 Å². The molecule has 132 valence electrons. The molecule has 3 amide bonds. The van der Waals surface area contributed by atoms with Gasteiger partial charge in [-0.15, -0.1) is 11.3 Å². The first-order chi connectivity index (χ1) is 12.6. The van der Waals surface area contributed by atoms with Gasteiger partial charge in [-0.25, -0.2) is 4.79 Å². The molecule has 3 aromatic rings. The van der Waals surface area contributed by atoms with Crippen LogP contribution < -0.4 is 15.4 Å². The number of imide groups is 1. The van der Waals surface area contributed by atoms with Crippen molar-refractivity contribution in [2.45, 2.75) is 13.5 Å². The highest BCUT2D eigenvalue weighted by Crippen LogP contribution is 2.18. The Hall–Kier alpha value is -3.12. The van der Waals surface area contributed by atoms with Crippen molar-refractivity contribution in [1.29, 1.82) is 0 Å². The highest BCUT2D eigenvalue weighted by atomic mass is 32.1. The molecule has 26 heavy (non-hydrogen) atoms. The van der Waals surface area contributed by atoms with E-state index < -0.39 is 11.9 Å². The average Bonchev–Trinajstić information content (AvgIpc) is 3.15. The number of carbonyl (C=O) groups excluding carboxylic acids is 2.